The number of methoxy groups -OCH3 is 2. The number of hydrogen-bond acceptors (Lipinski definition) is 4. The van der Waals surface area contributed by atoms with Gasteiger partial charge in [0.05, 0.1) is 14.2 Å². The molecule has 118 valence electrons. The summed E-state index contributed by atoms with van der Waals surface area (Å²) in [7, 11) is 3.07. The Balaban J connectivity index is 3.08. The number of benzene rings is 1. The third-order valence-electron chi connectivity index (χ3n) is 3.46. The van der Waals surface area contributed by atoms with Gasteiger partial charge in [-0.3, -0.25) is 4.79 Å². The van der Waals surface area contributed by atoms with Gasteiger partial charge in [-0.05, 0) is 30.5 Å². The molecule has 0 saturated carbocycles. The monoisotopic (exact) mass is 294 g/mol. The Morgan fingerprint density at radius 2 is 1.76 bits per heavy atom. The smallest absolute Gasteiger partial charge is 0.259 e. The molecule has 0 spiro atoms. The van der Waals surface area contributed by atoms with Crippen molar-refractivity contribution in [3.05, 3.63) is 23.8 Å². The molecule has 0 heterocycles. The molecule has 1 amide bonds. The molecule has 3 N–H and O–H groups in total. The van der Waals surface area contributed by atoms with Crippen LogP contribution >= 0.6 is 0 Å². The van der Waals surface area contributed by atoms with Crippen molar-refractivity contribution in [2.75, 3.05) is 20.8 Å². The van der Waals surface area contributed by atoms with E-state index in [1.165, 1.54) is 14.2 Å². The largest absolute Gasteiger partial charge is 0.496 e. The van der Waals surface area contributed by atoms with Crippen LogP contribution in [0.4, 0.5) is 0 Å². The molecule has 0 aromatic heterocycles. The fourth-order valence-corrected chi connectivity index (χ4v) is 2.19. The molecule has 0 radical (unpaired) electrons. The lowest BCUT2D eigenvalue weighted by Crippen LogP contribution is -2.45. The highest BCUT2D eigenvalue weighted by Gasteiger charge is 2.28. The zero-order chi connectivity index (χ0) is 16.0. The van der Waals surface area contributed by atoms with Gasteiger partial charge in [0.15, 0.2) is 0 Å². The van der Waals surface area contributed by atoms with Crippen molar-refractivity contribution in [2.24, 2.45) is 11.1 Å². The third kappa shape index (κ3) is 4.36. The van der Waals surface area contributed by atoms with Gasteiger partial charge in [-0.2, -0.15) is 0 Å². The van der Waals surface area contributed by atoms with Crippen molar-refractivity contribution >= 4 is 5.91 Å². The molecule has 1 atom stereocenters. The van der Waals surface area contributed by atoms with Crippen molar-refractivity contribution in [2.45, 2.75) is 33.2 Å². The minimum atomic E-state index is -0.210. The second-order valence-electron chi connectivity index (χ2n) is 6.01. The molecular formula is C16H26N2O3. The van der Waals surface area contributed by atoms with Crippen LogP contribution in [0.25, 0.3) is 0 Å². The first kappa shape index (κ1) is 17.3. The average molecular weight is 294 g/mol. The fraction of sp³-hybridized carbons (Fsp3) is 0.562. The Morgan fingerprint density at radius 1 is 1.24 bits per heavy atom. The minimum Gasteiger partial charge on any atom is -0.496 e. The lowest BCUT2D eigenvalue weighted by Gasteiger charge is -2.31. The Hall–Kier alpha value is -1.75. The maximum Gasteiger partial charge on any atom is 0.259 e. The summed E-state index contributed by atoms with van der Waals surface area (Å²) in [6.45, 7) is 6.75. The van der Waals surface area contributed by atoms with Gasteiger partial charge in [-0.1, -0.05) is 26.8 Å². The average Bonchev–Trinajstić information content (AvgIpc) is 2.44. The summed E-state index contributed by atoms with van der Waals surface area (Å²) < 4.78 is 10.5. The first-order valence-corrected chi connectivity index (χ1v) is 7.07. The van der Waals surface area contributed by atoms with E-state index in [1.54, 1.807) is 18.2 Å². The topological polar surface area (TPSA) is 73.6 Å². The highest BCUT2D eigenvalue weighted by Crippen LogP contribution is 2.29. The number of carbonyl (C=O) groups is 1. The fourth-order valence-electron chi connectivity index (χ4n) is 2.19. The second kappa shape index (κ2) is 7.31. The molecule has 1 unspecified atom stereocenters. The van der Waals surface area contributed by atoms with Crippen LogP contribution in [0.5, 0.6) is 11.5 Å². The molecule has 5 heteroatoms. The molecule has 0 aliphatic rings. The maximum absolute atomic E-state index is 12.6. The molecule has 5 nitrogen and oxygen atoms in total. The van der Waals surface area contributed by atoms with Gasteiger partial charge in [-0.25, -0.2) is 0 Å². The Bertz CT molecular complexity index is 459. The van der Waals surface area contributed by atoms with Gasteiger partial charge in [0, 0.05) is 6.04 Å². The molecule has 0 fully saturated rings. The van der Waals surface area contributed by atoms with Crippen molar-refractivity contribution in [3.63, 3.8) is 0 Å². The molecule has 0 aliphatic carbocycles. The molecule has 1 aromatic carbocycles. The van der Waals surface area contributed by atoms with E-state index in [9.17, 15) is 4.79 Å². The number of carbonyl (C=O) groups excluding carboxylic acids is 1. The highest BCUT2D eigenvalue weighted by atomic mass is 16.5. The number of rotatable bonds is 6. The first-order chi connectivity index (χ1) is 9.85. The van der Waals surface area contributed by atoms with Gasteiger partial charge >= 0.3 is 0 Å². The van der Waals surface area contributed by atoms with E-state index < -0.39 is 0 Å². The van der Waals surface area contributed by atoms with Crippen LogP contribution in [0.1, 0.15) is 37.6 Å². The standard InChI is InChI=1S/C16H26N2O3/c1-16(2,3)13(9-10-17)18-15(19)14-11(20-4)7-6-8-12(14)21-5/h6-8,13H,9-10,17H2,1-5H3,(H,18,19). The van der Waals surface area contributed by atoms with Crippen LogP contribution in [0, 0.1) is 5.41 Å². The molecule has 1 rings (SSSR count). The van der Waals surface area contributed by atoms with Crippen LogP contribution in [-0.4, -0.2) is 32.7 Å². The molecule has 21 heavy (non-hydrogen) atoms. The maximum atomic E-state index is 12.6. The zero-order valence-corrected chi connectivity index (χ0v) is 13.5. The highest BCUT2D eigenvalue weighted by molar-refractivity contribution is 5.99. The van der Waals surface area contributed by atoms with E-state index in [-0.39, 0.29) is 17.4 Å². The first-order valence-electron chi connectivity index (χ1n) is 7.07. The van der Waals surface area contributed by atoms with Gasteiger partial charge in [0.1, 0.15) is 17.1 Å². The molecule has 1 aromatic rings. The van der Waals surface area contributed by atoms with Crippen LogP contribution in [-0.2, 0) is 0 Å². The number of ether oxygens (including phenoxy) is 2. The van der Waals surface area contributed by atoms with E-state index in [0.29, 0.717) is 30.0 Å². The Kier molecular flexibility index (Phi) is 6.03. The summed E-state index contributed by atoms with van der Waals surface area (Å²) in [5.74, 6) is 0.775. The minimum absolute atomic E-state index is 0.0235. The summed E-state index contributed by atoms with van der Waals surface area (Å²) in [4.78, 5) is 12.6. The lowest BCUT2D eigenvalue weighted by molar-refractivity contribution is 0.0892. The number of nitrogens with one attached hydrogen (secondary N) is 1. The van der Waals surface area contributed by atoms with E-state index >= 15 is 0 Å². The van der Waals surface area contributed by atoms with Gasteiger partial charge in [0.25, 0.3) is 5.91 Å². The molecular weight excluding hydrogens is 268 g/mol. The molecule has 0 aliphatic heterocycles. The lowest BCUT2D eigenvalue weighted by atomic mass is 9.84. The van der Waals surface area contributed by atoms with Crippen molar-refractivity contribution < 1.29 is 14.3 Å². The van der Waals surface area contributed by atoms with E-state index in [2.05, 4.69) is 26.1 Å². The van der Waals surface area contributed by atoms with Gasteiger partial charge in [-0.15, -0.1) is 0 Å². The Labute approximate surface area is 126 Å². The number of nitrogens with two attached hydrogens (primary N) is 1. The van der Waals surface area contributed by atoms with Crippen molar-refractivity contribution in [1.29, 1.82) is 0 Å². The summed E-state index contributed by atoms with van der Waals surface area (Å²) in [5, 5.41) is 3.04. The molecule has 0 bridgehead atoms. The van der Waals surface area contributed by atoms with Crippen LogP contribution in [0.2, 0.25) is 0 Å². The summed E-state index contributed by atoms with van der Waals surface area (Å²) in [6.07, 6.45) is 0.715. The zero-order valence-electron chi connectivity index (χ0n) is 13.5. The number of hydrogen-bond donors (Lipinski definition) is 2. The van der Waals surface area contributed by atoms with E-state index in [4.69, 9.17) is 15.2 Å². The van der Waals surface area contributed by atoms with E-state index in [0.717, 1.165) is 0 Å². The van der Waals surface area contributed by atoms with Crippen LogP contribution < -0.4 is 20.5 Å². The predicted molar refractivity (Wildman–Crippen MR) is 83.9 cm³/mol. The third-order valence-corrected chi connectivity index (χ3v) is 3.46. The normalized spacial score (nSPS) is 12.7. The summed E-state index contributed by atoms with van der Waals surface area (Å²) in [6, 6.07) is 5.25. The van der Waals surface area contributed by atoms with Crippen LogP contribution in [0.3, 0.4) is 0 Å². The van der Waals surface area contributed by atoms with Crippen LogP contribution in [0.15, 0.2) is 18.2 Å². The van der Waals surface area contributed by atoms with Crippen molar-refractivity contribution in [1.82, 2.24) is 5.32 Å². The van der Waals surface area contributed by atoms with E-state index in [1.807, 2.05) is 0 Å². The van der Waals surface area contributed by atoms with Gasteiger partial charge < -0.3 is 20.5 Å². The number of amides is 1. The molecule has 0 saturated heterocycles. The quantitative estimate of drug-likeness (QED) is 0.843. The SMILES string of the molecule is COc1cccc(OC)c1C(=O)NC(CCN)C(C)(C)C. The predicted octanol–water partition coefficient (Wildman–Crippen LogP) is 2.20. The Morgan fingerprint density at radius 3 is 2.14 bits per heavy atom. The van der Waals surface area contributed by atoms with Crippen molar-refractivity contribution in [3.8, 4) is 11.5 Å². The summed E-state index contributed by atoms with van der Waals surface area (Å²) >= 11 is 0. The summed E-state index contributed by atoms with van der Waals surface area (Å²) in [5.41, 5.74) is 5.98. The van der Waals surface area contributed by atoms with Gasteiger partial charge in [0.2, 0.25) is 0 Å². The second-order valence-corrected chi connectivity index (χ2v) is 6.01.